The lowest BCUT2D eigenvalue weighted by molar-refractivity contribution is 0.532. The first-order chi connectivity index (χ1) is 8.20. The van der Waals surface area contributed by atoms with Crippen molar-refractivity contribution >= 4 is 0 Å². The number of hydrogen-bond donors (Lipinski definition) is 1. The lowest BCUT2D eigenvalue weighted by Gasteiger charge is -2.18. The third kappa shape index (κ3) is 3.10. The second-order valence-electron chi connectivity index (χ2n) is 5.72. The summed E-state index contributed by atoms with van der Waals surface area (Å²) in [6.07, 6.45) is 6.43. The molecule has 94 valence electrons. The van der Waals surface area contributed by atoms with Crippen LogP contribution in [0.1, 0.15) is 55.8 Å². The topological polar surface area (TPSA) is 12.0 Å². The standard InChI is InChI=1S/C16H25N/c1-12(2)10-13-8-9-14-6-4-5-7-16(17-3)15(14)11-13/h8-9,11-12,16-17H,4-7,10H2,1-3H3. The van der Waals surface area contributed by atoms with E-state index in [1.807, 2.05) is 0 Å². The number of nitrogens with one attached hydrogen (secondary N) is 1. The number of benzene rings is 1. The van der Waals surface area contributed by atoms with Gasteiger partial charge in [-0.1, -0.05) is 38.5 Å². The van der Waals surface area contributed by atoms with Gasteiger partial charge in [0.15, 0.2) is 0 Å². The average Bonchev–Trinajstić information content (AvgIpc) is 2.49. The molecule has 0 heterocycles. The van der Waals surface area contributed by atoms with Crippen LogP contribution in [0.3, 0.4) is 0 Å². The summed E-state index contributed by atoms with van der Waals surface area (Å²) in [7, 11) is 2.09. The summed E-state index contributed by atoms with van der Waals surface area (Å²) in [5, 5.41) is 3.48. The monoisotopic (exact) mass is 231 g/mol. The van der Waals surface area contributed by atoms with E-state index in [4.69, 9.17) is 0 Å². The van der Waals surface area contributed by atoms with Crippen LogP contribution in [0.15, 0.2) is 18.2 Å². The van der Waals surface area contributed by atoms with Crippen molar-refractivity contribution < 1.29 is 0 Å². The molecule has 0 bridgehead atoms. The van der Waals surface area contributed by atoms with Crippen LogP contribution in [0.5, 0.6) is 0 Å². The first kappa shape index (κ1) is 12.6. The van der Waals surface area contributed by atoms with E-state index in [-0.39, 0.29) is 0 Å². The molecule has 1 nitrogen and oxygen atoms in total. The molecule has 1 heteroatoms. The Balaban J connectivity index is 2.29. The van der Waals surface area contributed by atoms with Crippen LogP contribution in [0, 0.1) is 5.92 Å². The molecule has 1 aromatic rings. The zero-order valence-electron chi connectivity index (χ0n) is 11.4. The number of hydrogen-bond acceptors (Lipinski definition) is 1. The van der Waals surface area contributed by atoms with Gasteiger partial charge in [-0.25, -0.2) is 0 Å². The van der Waals surface area contributed by atoms with Crippen LogP contribution >= 0.6 is 0 Å². The molecule has 0 saturated heterocycles. The van der Waals surface area contributed by atoms with Crippen LogP contribution in [-0.4, -0.2) is 7.05 Å². The van der Waals surface area contributed by atoms with Crippen molar-refractivity contribution in [2.24, 2.45) is 5.92 Å². The molecule has 0 fully saturated rings. The summed E-state index contributed by atoms with van der Waals surface area (Å²) in [5.74, 6) is 0.742. The quantitative estimate of drug-likeness (QED) is 0.779. The highest BCUT2D eigenvalue weighted by molar-refractivity contribution is 5.35. The van der Waals surface area contributed by atoms with E-state index in [2.05, 4.69) is 44.4 Å². The van der Waals surface area contributed by atoms with Crippen molar-refractivity contribution in [1.29, 1.82) is 0 Å². The smallest absolute Gasteiger partial charge is 0.0320 e. The molecular weight excluding hydrogens is 206 g/mol. The van der Waals surface area contributed by atoms with Crippen molar-refractivity contribution in [2.45, 2.75) is 52.0 Å². The van der Waals surface area contributed by atoms with E-state index in [1.54, 1.807) is 11.1 Å². The maximum atomic E-state index is 3.48. The lowest BCUT2D eigenvalue weighted by atomic mass is 9.93. The van der Waals surface area contributed by atoms with Gasteiger partial charge in [0, 0.05) is 6.04 Å². The molecular formula is C16H25N. The largest absolute Gasteiger partial charge is 0.313 e. The van der Waals surface area contributed by atoms with Gasteiger partial charge in [0.25, 0.3) is 0 Å². The minimum atomic E-state index is 0.569. The summed E-state index contributed by atoms with van der Waals surface area (Å²) in [5.41, 5.74) is 4.62. The molecule has 0 saturated carbocycles. The highest BCUT2D eigenvalue weighted by atomic mass is 14.9. The van der Waals surface area contributed by atoms with Crippen LogP contribution in [0.2, 0.25) is 0 Å². The molecule has 0 aliphatic heterocycles. The summed E-state index contributed by atoms with van der Waals surface area (Å²) in [6.45, 7) is 4.59. The Kier molecular flexibility index (Phi) is 4.22. The Bertz CT molecular complexity index is 368. The normalized spacial score (nSPS) is 20.1. The zero-order valence-corrected chi connectivity index (χ0v) is 11.4. The molecule has 1 aliphatic rings. The van der Waals surface area contributed by atoms with E-state index in [0.29, 0.717) is 6.04 Å². The van der Waals surface area contributed by atoms with E-state index < -0.39 is 0 Å². The molecule has 1 aromatic carbocycles. The third-order valence-electron chi connectivity index (χ3n) is 3.77. The van der Waals surface area contributed by atoms with Crippen LogP contribution < -0.4 is 5.32 Å². The van der Waals surface area contributed by atoms with E-state index in [9.17, 15) is 0 Å². The van der Waals surface area contributed by atoms with Gasteiger partial charge >= 0.3 is 0 Å². The molecule has 1 aliphatic carbocycles. The first-order valence-corrected chi connectivity index (χ1v) is 6.99. The SMILES string of the molecule is CNC1CCCCc2ccc(CC(C)C)cc21. The van der Waals surface area contributed by atoms with Crippen LogP contribution in [-0.2, 0) is 12.8 Å². The summed E-state index contributed by atoms with van der Waals surface area (Å²) >= 11 is 0. The van der Waals surface area contributed by atoms with Gasteiger partial charge in [-0.15, -0.1) is 0 Å². The Hall–Kier alpha value is -0.820. The minimum Gasteiger partial charge on any atom is -0.313 e. The second-order valence-corrected chi connectivity index (χ2v) is 5.72. The Morgan fingerprint density at radius 3 is 2.82 bits per heavy atom. The average molecular weight is 231 g/mol. The fourth-order valence-corrected chi connectivity index (χ4v) is 2.91. The van der Waals surface area contributed by atoms with Crippen LogP contribution in [0.25, 0.3) is 0 Å². The van der Waals surface area contributed by atoms with Crippen molar-refractivity contribution in [3.8, 4) is 0 Å². The van der Waals surface area contributed by atoms with Crippen molar-refractivity contribution in [3.05, 3.63) is 34.9 Å². The molecule has 0 aromatic heterocycles. The van der Waals surface area contributed by atoms with Gasteiger partial charge in [0.2, 0.25) is 0 Å². The van der Waals surface area contributed by atoms with Gasteiger partial charge in [-0.05, 0) is 55.3 Å². The third-order valence-corrected chi connectivity index (χ3v) is 3.77. The Labute approximate surface area is 106 Å². The fraction of sp³-hybridized carbons (Fsp3) is 0.625. The number of fused-ring (bicyclic) bond motifs is 1. The van der Waals surface area contributed by atoms with E-state index >= 15 is 0 Å². The predicted molar refractivity (Wildman–Crippen MR) is 74.3 cm³/mol. The molecule has 2 rings (SSSR count). The minimum absolute atomic E-state index is 0.569. The molecule has 1 unspecified atom stereocenters. The Morgan fingerprint density at radius 1 is 1.29 bits per heavy atom. The van der Waals surface area contributed by atoms with E-state index in [1.165, 1.54) is 37.7 Å². The summed E-state index contributed by atoms with van der Waals surface area (Å²) < 4.78 is 0. The lowest BCUT2D eigenvalue weighted by Crippen LogP contribution is -2.16. The maximum absolute atomic E-state index is 3.48. The first-order valence-electron chi connectivity index (χ1n) is 6.99. The molecule has 1 N–H and O–H groups in total. The maximum Gasteiger partial charge on any atom is 0.0320 e. The predicted octanol–water partition coefficient (Wildman–Crippen LogP) is 3.87. The van der Waals surface area contributed by atoms with Gasteiger partial charge in [0.05, 0.1) is 0 Å². The highest BCUT2D eigenvalue weighted by Gasteiger charge is 2.17. The molecule has 0 spiro atoms. The van der Waals surface area contributed by atoms with E-state index in [0.717, 1.165) is 5.92 Å². The zero-order chi connectivity index (χ0) is 12.3. The van der Waals surface area contributed by atoms with Gasteiger partial charge < -0.3 is 5.32 Å². The van der Waals surface area contributed by atoms with Crippen LogP contribution in [0.4, 0.5) is 0 Å². The van der Waals surface area contributed by atoms with Crippen molar-refractivity contribution in [2.75, 3.05) is 7.05 Å². The van der Waals surface area contributed by atoms with Crippen molar-refractivity contribution in [1.82, 2.24) is 5.32 Å². The fourth-order valence-electron chi connectivity index (χ4n) is 2.91. The van der Waals surface area contributed by atoms with Gasteiger partial charge in [-0.3, -0.25) is 0 Å². The number of rotatable bonds is 3. The Morgan fingerprint density at radius 2 is 2.12 bits per heavy atom. The molecule has 0 amide bonds. The molecule has 0 radical (unpaired) electrons. The summed E-state index contributed by atoms with van der Waals surface area (Å²) in [6, 6.07) is 7.71. The molecule has 17 heavy (non-hydrogen) atoms. The van der Waals surface area contributed by atoms with Gasteiger partial charge in [0.1, 0.15) is 0 Å². The highest BCUT2D eigenvalue weighted by Crippen LogP contribution is 2.29. The summed E-state index contributed by atoms with van der Waals surface area (Å²) in [4.78, 5) is 0. The number of aryl methyl sites for hydroxylation is 1. The van der Waals surface area contributed by atoms with Crippen molar-refractivity contribution in [3.63, 3.8) is 0 Å². The molecule has 1 atom stereocenters. The second kappa shape index (κ2) is 5.68. The van der Waals surface area contributed by atoms with Gasteiger partial charge in [-0.2, -0.15) is 0 Å².